The van der Waals surface area contributed by atoms with Crippen molar-refractivity contribution in [3.05, 3.63) is 70.8 Å². The number of rotatable bonds is 7. The van der Waals surface area contributed by atoms with Crippen LogP contribution in [0.25, 0.3) is 0 Å². The molecule has 33 heavy (non-hydrogen) atoms. The molecule has 0 aliphatic carbocycles. The summed E-state index contributed by atoms with van der Waals surface area (Å²) in [5, 5.41) is 3.03. The third-order valence-electron chi connectivity index (χ3n) is 6.58. The Balaban J connectivity index is 1.74. The monoisotopic (exact) mass is 449 g/mol. The summed E-state index contributed by atoms with van der Waals surface area (Å²) in [7, 11) is 0. The molecule has 1 heterocycles. The van der Waals surface area contributed by atoms with E-state index < -0.39 is 6.04 Å². The summed E-state index contributed by atoms with van der Waals surface area (Å²) in [5.41, 5.74) is 3.24. The van der Waals surface area contributed by atoms with Crippen LogP contribution < -0.4 is 5.32 Å². The Kier molecular flexibility index (Phi) is 8.26. The number of benzene rings is 2. The molecule has 176 valence electrons. The summed E-state index contributed by atoms with van der Waals surface area (Å²) >= 11 is 0. The van der Waals surface area contributed by atoms with Crippen LogP contribution in [0.1, 0.15) is 58.5 Å². The zero-order chi connectivity index (χ0) is 24.0. The number of hydrogen-bond donors (Lipinski definition) is 1. The lowest BCUT2D eigenvalue weighted by atomic mass is 9.87. The molecule has 1 N–H and O–H groups in total. The zero-order valence-electron chi connectivity index (χ0n) is 20.1. The van der Waals surface area contributed by atoms with E-state index in [4.69, 9.17) is 0 Å². The van der Waals surface area contributed by atoms with Gasteiger partial charge < -0.3 is 15.1 Å². The van der Waals surface area contributed by atoms with Gasteiger partial charge in [0.15, 0.2) is 0 Å². The Hall–Kier alpha value is -3.15. The second kappa shape index (κ2) is 11.1. The molecule has 1 atom stereocenters. The van der Waals surface area contributed by atoms with Crippen molar-refractivity contribution in [2.45, 2.75) is 46.6 Å². The summed E-state index contributed by atoms with van der Waals surface area (Å²) in [6.07, 6.45) is 1.34. The Morgan fingerprint density at radius 3 is 2.27 bits per heavy atom. The van der Waals surface area contributed by atoms with Gasteiger partial charge in [0, 0.05) is 37.3 Å². The van der Waals surface area contributed by atoms with Crippen molar-refractivity contribution < 1.29 is 14.4 Å². The highest BCUT2D eigenvalue weighted by Gasteiger charge is 2.36. The molecule has 3 rings (SSSR count). The first-order valence-corrected chi connectivity index (χ1v) is 11.9. The first kappa shape index (κ1) is 24.5. The minimum absolute atomic E-state index is 0.0206. The van der Waals surface area contributed by atoms with E-state index in [0.29, 0.717) is 44.6 Å². The molecule has 2 aromatic rings. The van der Waals surface area contributed by atoms with Gasteiger partial charge in [-0.1, -0.05) is 35.9 Å². The van der Waals surface area contributed by atoms with Crippen LogP contribution in [-0.2, 0) is 4.79 Å². The number of amides is 3. The lowest BCUT2D eigenvalue weighted by Crippen LogP contribution is -2.54. The van der Waals surface area contributed by atoms with Crippen molar-refractivity contribution >= 4 is 17.7 Å². The number of carbonyl (C=O) groups excluding carboxylic acids is 3. The Morgan fingerprint density at radius 2 is 1.67 bits per heavy atom. The second-order valence-electron chi connectivity index (χ2n) is 8.78. The molecular weight excluding hydrogens is 414 g/mol. The molecular formula is C27H35N3O3. The van der Waals surface area contributed by atoms with Gasteiger partial charge in [-0.3, -0.25) is 14.4 Å². The maximum Gasteiger partial charge on any atom is 0.254 e. The highest BCUT2D eigenvalue weighted by molar-refractivity contribution is 5.98. The third kappa shape index (κ3) is 5.81. The number of nitrogens with zero attached hydrogens (tertiary/aromatic N) is 2. The molecule has 6 nitrogen and oxygen atoms in total. The van der Waals surface area contributed by atoms with Crippen molar-refractivity contribution in [3.63, 3.8) is 0 Å². The summed E-state index contributed by atoms with van der Waals surface area (Å²) in [6.45, 7) is 10.1. The van der Waals surface area contributed by atoms with E-state index in [1.54, 1.807) is 11.0 Å². The molecule has 0 spiro atoms. The number of nitrogens with one attached hydrogen (secondary N) is 1. The predicted molar refractivity (Wildman–Crippen MR) is 130 cm³/mol. The van der Waals surface area contributed by atoms with Gasteiger partial charge in [-0.25, -0.2) is 0 Å². The average molecular weight is 450 g/mol. The number of likely N-dealkylation sites (N-methyl/N-ethyl adjacent to an activating group) is 1. The van der Waals surface area contributed by atoms with Crippen molar-refractivity contribution in [1.82, 2.24) is 15.1 Å². The van der Waals surface area contributed by atoms with Crippen LogP contribution in [-0.4, -0.2) is 59.7 Å². The quantitative estimate of drug-likeness (QED) is 0.699. The molecule has 0 bridgehead atoms. The fourth-order valence-corrected chi connectivity index (χ4v) is 4.54. The molecule has 0 unspecified atom stereocenters. The molecule has 1 aliphatic rings. The lowest BCUT2D eigenvalue weighted by Gasteiger charge is -2.37. The normalized spacial score (nSPS) is 15.1. The largest absolute Gasteiger partial charge is 0.341 e. The van der Waals surface area contributed by atoms with Gasteiger partial charge in [0.05, 0.1) is 0 Å². The van der Waals surface area contributed by atoms with Crippen molar-refractivity contribution in [1.29, 1.82) is 0 Å². The van der Waals surface area contributed by atoms with Crippen LogP contribution in [0.15, 0.2) is 48.5 Å². The molecule has 1 saturated heterocycles. The molecule has 3 amide bonds. The number of carbonyl (C=O) groups is 3. The number of likely N-dealkylation sites (tertiary alicyclic amines) is 1. The minimum Gasteiger partial charge on any atom is -0.341 e. The molecule has 2 aromatic carbocycles. The van der Waals surface area contributed by atoms with Crippen LogP contribution in [0.2, 0.25) is 0 Å². The molecule has 0 saturated carbocycles. The van der Waals surface area contributed by atoms with E-state index >= 15 is 0 Å². The number of hydrogen-bond acceptors (Lipinski definition) is 3. The topological polar surface area (TPSA) is 69.7 Å². The smallest absolute Gasteiger partial charge is 0.254 e. The van der Waals surface area contributed by atoms with Gasteiger partial charge in [-0.15, -0.1) is 0 Å². The Bertz CT molecular complexity index is 992. The third-order valence-corrected chi connectivity index (χ3v) is 6.58. The van der Waals surface area contributed by atoms with Crippen LogP contribution in [0.3, 0.4) is 0 Å². The van der Waals surface area contributed by atoms with E-state index in [9.17, 15) is 14.4 Å². The SMILES string of the molecule is CCN(CC)C(=O)[C@H](NC(=O)c1cccc(C)c1)C1CCN(C(=O)c2ccccc2C)CC1. The van der Waals surface area contributed by atoms with E-state index in [1.807, 2.05) is 75.1 Å². The van der Waals surface area contributed by atoms with Crippen LogP contribution in [0.5, 0.6) is 0 Å². The summed E-state index contributed by atoms with van der Waals surface area (Å²) < 4.78 is 0. The first-order chi connectivity index (χ1) is 15.8. The van der Waals surface area contributed by atoms with Crippen LogP contribution >= 0.6 is 0 Å². The van der Waals surface area contributed by atoms with Gasteiger partial charge in [-0.2, -0.15) is 0 Å². The fraction of sp³-hybridized carbons (Fsp3) is 0.444. The highest BCUT2D eigenvalue weighted by Crippen LogP contribution is 2.24. The van der Waals surface area contributed by atoms with Gasteiger partial charge in [0.25, 0.3) is 11.8 Å². The van der Waals surface area contributed by atoms with E-state index in [0.717, 1.165) is 16.7 Å². The molecule has 1 fully saturated rings. The summed E-state index contributed by atoms with van der Waals surface area (Å²) in [4.78, 5) is 43.0. The van der Waals surface area contributed by atoms with Crippen molar-refractivity contribution in [3.8, 4) is 0 Å². The molecule has 0 radical (unpaired) electrons. The maximum atomic E-state index is 13.4. The molecule has 0 aromatic heterocycles. The highest BCUT2D eigenvalue weighted by atomic mass is 16.2. The van der Waals surface area contributed by atoms with Gasteiger partial charge in [0.2, 0.25) is 5.91 Å². The Morgan fingerprint density at radius 1 is 1.00 bits per heavy atom. The van der Waals surface area contributed by atoms with E-state index in [1.165, 1.54) is 0 Å². The second-order valence-corrected chi connectivity index (χ2v) is 8.78. The lowest BCUT2D eigenvalue weighted by molar-refractivity contribution is -0.134. The number of piperidine rings is 1. The van der Waals surface area contributed by atoms with E-state index in [-0.39, 0.29) is 23.6 Å². The summed E-state index contributed by atoms with van der Waals surface area (Å²) in [5.74, 6) is -0.276. The minimum atomic E-state index is -0.603. The molecule has 6 heteroatoms. The van der Waals surface area contributed by atoms with Crippen molar-refractivity contribution in [2.24, 2.45) is 5.92 Å². The van der Waals surface area contributed by atoms with Gasteiger partial charge >= 0.3 is 0 Å². The first-order valence-electron chi connectivity index (χ1n) is 11.9. The van der Waals surface area contributed by atoms with Crippen LogP contribution in [0, 0.1) is 19.8 Å². The standard InChI is InChI=1S/C27H35N3O3/c1-5-29(6-2)27(33)24(28-25(31)22-12-9-10-19(3)18-22)21-14-16-30(17-15-21)26(32)23-13-8-7-11-20(23)4/h7-13,18,21,24H,5-6,14-17H2,1-4H3,(H,28,31)/t24-/m1/s1. The summed E-state index contributed by atoms with van der Waals surface area (Å²) in [6, 6.07) is 14.4. The maximum absolute atomic E-state index is 13.4. The van der Waals surface area contributed by atoms with E-state index in [2.05, 4.69) is 5.32 Å². The van der Waals surface area contributed by atoms with Crippen molar-refractivity contribution in [2.75, 3.05) is 26.2 Å². The zero-order valence-corrected chi connectivity index (χ0v) is 20.1. The van der Waals surface area contributed by atoms with Crippen LogP contribution in [0.4, 0.5) is 0 Å². The Labute approximate surface area is 197 Å². The predicted octanol–water partition coefficient (Wildman–Crippen LogP) is 3.82. The fourth-order valence-electron chi connectivity index (χ4n) is 4.54. The van der Waals surface area contributed by atoms with Gasteiger partial charge in [0.1, 0.15) is 6.04 Å². The average Bonchev–Trinajstić information content (AvgIpc) is 2.83. The number of aryl methyl sites for hydroxylation is 2. The molecule has 1 aliphatic heterocycles. The van der Waals surface area contributed by atoms with Gasteiger partial charge in [-0.05, 0) is 70.2 Å².